The first-order chi connectivity index (χ1) is 14.7. The third kappa shape index (κ3) is 3.37. The second-order valence-corrected chi connectivity index (χ2v) is 7.11. The van der Waals surface area contributed by atoms with Gasteiger partial charge in [0, 0.05) is 22.0 Å². The highest BCUT2D eigenvalue weighted by Gasteiger charge is 2.08. The Morgan fingerprint density at radius 1 is 0.800 bits per heavy atom. The molecule has 2 N–H and O–H groups in total. The number of ether oxygens (including phenoxy) is 1. The van der Waals surface area contributed by atoms with E-state index in [0.29, 0.717) is 22.2 Å². The number of aromatic nitrogens is 1. The van der Waals surface area contributed by atoms with Gasteiger partial charge in [-0.1, -0.05) is 42.5 Å². The van der Waals surface area contributed by atoms with E-state index in [0.717, 1.165) is 21.8 Å². The van der Waals surface area contributed by atoms with Crippen molar-refractivity contribution in [2.24, 2.45) is 0 Å². The maximum absolute atomic E-state index is 12.8. The van der Waals surface area contributed by atoms with Crippen LogP contribution in [0.15, 0.2) is 89.7 Å². The maximum Gasteiger partial charge on any atom is 0.262 e. The molecule has 0 fully saturated rings. The molecule has 0 aliphatic rings. The fraction of sp³-hybridized carbons (Fsp3) is 0.0400. The lowest BCUT2D eigenvalue weighted by Crippen LogP contribution is -2.20. The molecular formula is C25H18N2O3. The largest absolute Gasteiger partial charge is 0.484 e. The van der Waals surface area contributed by atoms with Crippen LogP contribution in [-0.4, -0.2) is 17.5 Å². The number of amides is 1. The van der Waals surface area contributed by atoms with Crippen molar-refractivity contribution in [3.63, 3.8) is 0 Å². The standard InChI is InChI=1S/C25H18N2O3/c28-24(26-18-10-9-16-5-1-2-6-17(16)13-18)15-30-19-11-12-23-21(14-19)25(29)20-7-3-4-8-22(20)27-23/h1-14H,15H2,(H,26,28)(H,27,29). The van der Waals surface area contributed by atoms with Crippen LogP contribution < -0.4 is 15.5 Å². The Kier molecular flexibility index (Phi) is 4.41. The normalized spacial score (nSPS) is 11.1. The molecule has 0 unspecified atom stereocenters. The van der Waals surface area contributed by atoms with Gasteiger partial charge in [-0.05, 0) is 53.2 Å². The molecule has 0 saturated carbocycles. The highest BCUT2D eigenvalue weighted by atomic mass is 16.5. The molecule has 0 aliphatic carbocycles. The topological polar surface area (TPSA) is 71.2 Å². The van der Waals surface area contributed by atoms with Gasteiger partial charge in [0.15, 0.2) is 12.0 Å². The fourth-order valence-corrected chi connectivity index (χ4v) is 3.60. The molecule has 0 bridgehead atoms. The molecule has 5 rings (SSSR count). The molecule has 146 valence electrons. The van der Waals surface area contributed by atoms with Gasteiger partial charge < -0.3 is 15.0 Å². The first-order valence-electron chi connectivity index (χ1n) is 9.64. The van der Waals surface area contributed by atoms with E-state index in [1.807, 2.05) is 60.7 Å². The molecular weight excluding hydrogens is 376 g/mol. The van der Waals surface area contributed by atoms with Crippen molar-refractivity contribution >= 4 is 44.2 Å². The van der Waals surface area contributed by atoms with Crippen LogP contribution in [0.3, 0.4) is 0 Å². The van der Waals surface area contributed by atoms with E-state index in [-0.39, 0.29) is 17.9 Å². The average molecular weight is 394 g/mol. The summed E-state index contributed by atoms with van der Waals surface area (Å²) in [5.74, 6) is 0.203. The number of hydrogen-bond acceptors (Lipinski definition) is 3. The number of benzene rings is 4. The molecule has 5 nitrogen and oxygen atoms in total. The van der Waals surface area contributed by atoms with Gasteiger partial charge in [0.05, 0.1) is 5.52 Å². The minimum atomic E-state index is -0.266. The summed E-state index contributed by atoms with van der Waals surface area (Å²) in [4.78, 5) is 28.3. The van der Waals surface area contributed by atoms with Crippen molar-refractivity contribution < 1.29 is 9.53 Å². The second-order valence-electron chi connectivity index (χ2n) is 7.11. The third-order valence-corrected chi connectivity index (χ3v) is 5.08. The number of anilines is 1. The number of hydrogen-bond donors (Lipinski definition) is 2. The zero-order valence-corrected chi connectivity index (χ0v) is 16.0. The molecule has 1 amide bonds. The van der Waals surface area contributed by atoms with Crippen molar-refractivity contribution in [2.45, 2.75) is 0 Å². The van der Waals surface area contributed by atoms with Crippen molar-refractivity contribution in [3.05, 3.63) is 95.2 Å². The monoisotopic (exact) mass is 394 g/mol. The number of pyridine rings is 1. The molecule has 4 aromatic carbocycles. The summed E-state index contributed by atoms with van der Waals surface area (Å²) in [7, 11) is 0. The average Bonchev–Trinajstić information content (AvgIpc) is 2.78. The molecule has 5 heteroatoms. The van der Waals surface area contributed by atoms with Gasteiger partial charge in [0.1, 0.15) is 5.75 Å². The second kappa shape index (κ2) is 7.37. The predicted molar refractivity (Wildman–Crippen MR) is 120 cm³/mol. The van der Waals surface area contributed by atoms with Crippen molar-refractivity contribution in [1.82, 2.24) is 4.98 Å². The summed E-state index contributed by atoms with van der Waals surface area (Å²) in [5.41, 5.74) is 2.17. The lowest BCUT2D eigenvalue weighted by molar-refractivity contribution is -0.118. The lowest BCUT2D eigenvalue weighted by Gasteiger charge is -2.09. The Hall–Kier alpha value is -4.12. The van der Waals surface area contributed by atoms with Crippen LogP contribution in [0.2, 0.25) is 0 Å². The van der Waals surface area contributed by atoms with Crippen molar-refractivity contribution in [3.8, 4) is 5.75 Å². The van der Waals surface area contributed by atoms with Crippen molar-refractivity contribution in [2.75, 3.05) is 11.9 Å². The number of carbonyl (C=O) groups excluding carboxylic acids is 1. The molecule has 0 spiro atoms. The Morgan fingerprint density at radius 3 is 2.47 bits per heavy atom. The molecule has 1 heterocycles. The minimum Gasteiger partial charge on any atom is -0.484 e. The zero-order chi connectivity index (χ0) is 20.5. The van der Waals surface area contributed by atoms with Gasteiger partial charge in [-0.15, -0.1) is 0 Å². The van der Waals surface area contributed by atoms with Gasteiger partial charge in [-0.25, -0.2) is 0 Å². The first kappa shape index (κ1) is 17.9. The highest BCUT2D eigenvalue weighted by Crippen LogP contribution is 2.21. The van der Waals surface area contributed by atoms with E-state index < -0.39 is 0 Å². The number of H-pyrrole nitrogens is 1. The summed E-state index contributed by atoms with van der Waals surface area (Å²) in [6.07, 6.45) is 0. The van der Waals surface area contributed by atoms with Crippen LogP contribution in [0.5, 0.6) is 5.75 Å². The van der Waals surface area contributed by atoms with Crippen LogP contribution in [0.25, 0.3) is 32.6 Å². The number of fused-ring (bicyclic) bond motifs is 3. The van der Waals surface area contributed by atoms with E-state index >= 15 is 0 Å². The Labute approximate surface area is 171 Å². The molecule has 0 aliphatic heterocycles. The van der Waals surface area contributed by atoms with Gasteiger partial charge in [0.25, 0.3) is 5.91 Å². The van der Waals surface area contributed by atoms with Gasteiger partial charge in [-0.3, -0.25) is 9.59 Å². The number of para-hydroxylation sites is 1. The van der Waals surface area contributed by atoms with Crippen LogP contribution in [0.4, 0.5) is 5.69 Å². The van der Waals surface area contributed by atoms with Crippen LogP contribution in [-0.2, 0) is 4.79 Å². The van der Waals surface area contributed by atoms with Crippen LogP contribution in [0.1, 0.15) is 0 Å². The van der Waals surface area contributed by atoms with E-state index in [1.165, 1.54) is 0 Å². The quantitative estimate of drug-likeness (QED) is 0.428. The van der Waals surface area contributed by atoms with Crippen molar-refractivity contribution in [1.29, 1.82) is 0 Å². The number of nitrogens with one attached hydrogen (secondary N) is 2. The van der Waals surface area contributed by atoms with Crippen LogP contribution >= 0.6 is 0 Å². The van der Waals surface area contributed by atoms with Gasteiger partial charge in [-0.2, -0.15) is 0 Å². The third-order valence-electron chi connectivity index (χ3n) is 5.08. The summed E-state index contributed by atoms with van der Waals surface area (Å²) in [6, 6.07) is 26.3. The maximum atomic E-state index is 12.8. The minimum absolute atomic E-state index is 0.0644. The number of rotatable bonds is 4. The molecule has 30 heavy (non-hydrogen) atoms. The zero-order valence-electron chi connectivity index (χ0n) is 16.0. The van der Waals surface area contributed by atoms with Gasteiger partial charge in [0.2, 0.25) is 0 Å². The predicted octanol–water partition coefficient (Wildman–Crippen LogP) is 4.85. The van der Waals surface area contributed by atoms with E-state index in [2.05, 4.69) is 10.3 Å². The fourth-order valence-electron chi connectivity index (χ4n) is 3.60. The molecule has 0 radical (unpaired) electrons. The smallest absolute Gasteiger partial charge is 0.262 e. The Bertz CT molecular complexity index is 1470. The molecule has 0 saturated heterocycles. The Balaban J connectivity index is 1.33. The Morgan fingerprint density at radius 2 is 1.57 bits per heavy atom. The summed E-state index contributed by atoms with van der Waals surface area (Å²) in [6.45, 7) is -0.149. The highest BCUT2D eigenvalue weighted by molar-refractivity contribution is 5.95. The number of carbonyl (C=O) groups is 1. The summed E-state index contributed by atoms with van der Waals surface area (Å²) >= 11 is 0. The molecule has 0 atom stereocenters. The SMILES string of the molecule is O=C(COc1ccc2[nH]c3ccccc3c(=O)c2c1)Nc1ccc2ccccc2c1. The molecule has 5 aromatic rings. The van der Waals surface area contributed by atoms with E-state index in [9.17, 15) is 9.59 Å². The van der Waals surface area contributed by atoms with E-state index in [4.69, 9.17) is 4.74 Å². The first-order valence-corrected chi connectivity index (χ1v) is 9.64. The van der Waals surface area contributed by atoms with Gasteiger partial charge >= 0.3 is 0 Å². The number of aromatic amines is 1. The van der Waals surface area contributed by atoms with Crippen LogP contribution in [0, 0.1) is 0 Å². The van der Waals surface area contributed by atoms with E-state index in [1.54, 1.807) is 24.3 Å². The summed E-state index contributed by atoms with van der Waals surface area (Å²) < 4.78 is 5.64. The summed E-state index contributed by atoms with van der Waals surface area (Å²) in [5, 5.41) is 6.16. The lowest BCUT2D eigenvalue weighted by atomic mass is 10.1. The molecule has 1 aromatic heterocycles.